The van der Waals surface area contributed by atoms with Gasteiger partial charge in [-0.15, -0.1) is 0 Å². The van der Waals surface area contributed by atoms with Gasteiger partial charge in [0, 0.05) is 16.6 Å². The third-order valence-corrected chi connectivity index (χ3v) is 3.52. The molecular weight excluding hydrogens is 270 g/mol. The molecule has 1 aliphatic heterocycles. The number of halogens is 1. The van der Waals surface area contributed by atoms with Crippen molar-refractivity contribution in [1.29, 1.82) is 0 Å². The molecule has 1 amide bonds. The van der Waals surface area contributed by atoms with Gasteiger partial charge in [0.25, 0.3) is 5.91 Å². The van der Waals surface area contributed by atoms with Crippen molar-refractivity contribution < 1.29 is 9.63 Å². The van der Waals surface area contributed by atoms with Gasteiger partial charge in [-0.2, -0.15) is 0 Å². The lowest BCUT2D eigenvalue weighted by Crippen LogP contribution is -2.35. The third-order valence-electron chi connectivity index (χ3n) is 2.63. The minimum absolute atomic E-state index is 0.0460. The maximum atomic E-state index is 12.0. The Morgan fingerprint density at radius 2 is 2.25 bits per heavy atom. The molecule has 0 saturated carbocycles. The van der Waals surface area contributed by atoms with Crippen LogP contribution in [0.5, 0.6) is 0 Å². The van der Waals surface area contributed by atoms with Gasteiger partial charge in [-0.05, 0) is 43.5 Å². The molecule has 0 atom stereocenters. The van der Waals surface area contributed by atoms with Crippen molar-refractivity contribution in [2.45, 2.75) is 19.8 Å². The van der Waals surface area contributed by atoms with Crippen LogP contribution in [0.2, 0.25) is 0 Å². The molecule has 0 N–H and O–H groups in total. The van der Waals surface area contributed by atoms with Crippen molar-refractivity contribution in [3.63, 3.8) is 0 Å². The van der Waals surface area contributed by atoms with E-state index < -0.39 is 0 Å². The zero-order valence-corrected chi connectivity index (χ0v) is 10.8. The van der Waals surface area contributed by atoms with E-state index in [9.17, 15) is 4.79 Å². The Hall–Kier alpha value is -0.870. The number of carbonyl (C=O) groups excluding carboxylic acids is 1. The average Bonchev–Trinajstić information content (AvgIpc) is 2.33. The minimum Gasteiger partial charge on any atom is -0.271 e. The van der Waals surface area contributed by atoms with Crippen LogP contribution in [0, 0.1) is 6.92 Å². The second kappa shape index (κ2) is 4.97. The van der Waals surface area contributed by atoms with E-state index in [4.69, 9.17) is 4.84 Å². The van der Waals surface area contributed by atoms with E-state index in [-0.39, 0.29) is 5.91 Å². The maximum absolute atomic E-state index is 12.0. The molecule has 1 saturated heterocycles. The van der Waals surface area contributed by atoms with Gasteiger partial charge in [0.2, 0.25) is 0 Å². The molecule has 0 aliphatic carbocycles. The smallest absolute Gasteiger partial charge is 0.271 e. The van der Waals surface area contributed by atoms with Crippen LogP contribution in [0.15, 0.2) is 22.7 Å². The summed E-state index contributed by atoms with van der Waals surface area (Å²) in [7, 11) is 0. The Morgan fingerprint density at radius 3 is 2.88 bits per heavy atom. The molecule has 0 aromatic heterocycles. The van der Waals surface area contributed by atoms with Gasteiger partial charge in [-0.1, -0.05) is 15.9 Å². The zero-order valence-electron chi connectivity index (χ0n) is 9.20. The SMILES string of the molecule is Cc1cc(C(=O)N2CCCCO2)ccc1Br. The summed E-state index contributed by atoms with van der Waals surface area (Å²) in [5.74, 6) is -0.0460. The van der Waals surface area contributed by atoms with E-state index in [1.807, 2.05) is 25.1 Å². The molecule has 1 fully saturated rings. The summed E-state index contributed by atoms with van der Waals surface area (Å²) < 4.78 is 1.02. The zero-order chi connectivity index (χ0) is 11.5. The molecule has 1 aromatic rings. The minimum atomic E-state index is -0.0460. The van der Waals surface area contributed by atoms with Crippen LogP contribution in [0.25, 0.3) is 0 Å². The molecule has 0 unspecified atom stereocenters. The topological polar surface area (TPSA) is 29.5 Å². The Labute approximate surface area is 103 Å². The van der Waals surface area contributed by atoms with Crippen molar-refractivity contribution >= 4 is 21.8 Å². The molecule has 3 nitrogen and oxygen atoms in total. The molecule has 1 aromatic carbocycles. The molecule has 4 heteroatoms. The van der Waals surface area contributed by atoms with Crippen LogP contribution < -0.4 is 0 Å². The first-order valence-corrected chi connectivity index (χ1v) is 6.19. The van der Waals surface area contributed by atoms with E-state index in [2.05, 4.69) is 15.9 Å². The molecule has 16 heavy (non-hydrogen) atoms. The molecule has 0 bridgehead atoms. The number of benzene rings is 1. The highest BCUT2D eigenvalue weighted by Gasteiger charge is 2.19. The lowest BCUT2D eigenvalue weighted by molar-refractivity contribution is -0.144. The first-order valence-electron chi connectivity index (χ1n) is 5.39. The van der Waals surface area contributed by atoms with E-state index >= 15 is 0 Å². The summed E-state index contributed by atoms with van der Waals surface area (Å²) >= 11 is 3.42. The molecule has 1 aliphatic rings. The van der Waals surface area contributed by atoms with Crippen LogP contribution in [0.1, 0.15) is 28.8 Å². The van der Waals surface area contributed by atoms with E-state index in [0.717, 1.165) is 22.9 Å². The molecule has 0 spiro atoms. The fourth-order valence-corrected chi connectivity index (χ4v) is 1.93. The number of hydroxylamine groups is 2. The number of hydrogen-bond donors (Lipinski definition) is 0. The van der Waals surface area contributed by atoms with Gasteiger partial charge < -0.3 is 0 Å². The highest BCUT2D eigenvalue weighted by Crippen LogP contribution is 2.19. The summed E-state index contributed by atoms with van der Waals surface area (Å²) in [6.45, 7) is 3.30. The summed E-state index contributed by atoms with van der Waals surface area (Å²) in [6, 6.07) is 5.59. The second-order valence-electron chi connectivity index (χ2n) is 3.91. The summed E-state index contributed by atoms with van der Waals surface area (Å²) in [5, 5.41) is 1.46. The van der Waals surface area contributed by atoms with Gasteiger partial charge in [0.15, 0.2) is 0 Å². The Bertz CT molecular complexity index is 400. The monoisotopic (exact) mass is 283 g/mol. The van der Waals surface area contributed by atoms with Crippen molar-refractivity contribution in [3.8, 4) is 0 Å². The van der Waals surface area contributed by atoms with Crippen LogP contribution in [0.4, 0.5) is 0 Å². The predicted octanol–water partition coefficient (Wildman–Crippen LogP) is 2.93. The number of aryl methyl sites for hydroxylation is 1. The van der Waals surface area contributed by atoms with Crippen LogP contribution in [-0.4, -0.2) is 24.1 Å². The number of hydrogen-bond acceptors (Lipinski definition) is 2. The number of amides is 1. The van der Waals surface area contributed by atoms with E-state index in [1.165, 1.54) is 5.06 Å². The lowest BCUT2D eigenvalue weighted by atomic mass is 10.1. The quantitative estimate of drug-likeness (QED) is 0.793. The van der Waals surface area contributed by atoms with Crippen LogP contribution >= 0.6 is 15.9 Å². The normalized spacial score (nSPS) is 16.2. The fourth-order valence-electron chi connectivity index (χ4n) is 1.68. The van der Waals surface area contributed by atoms with Gasteiger partial charge in [0.05, 0.1) is 6.61 Å². The maximum Gasteiger partial charge on any atom is 0.277 e. The number of carbonyl (C=O) groups is 1. The van der Waals surface area contributed by atoms with Crippen molar-refractivity contribution in [2.24, 2.45) is 0 Å². The van der Waals surface area contributed by atoms with Crippen molar-refractivity contribution in [1.82, 2.24) is 5.06 Å². The van der Waals surface area contributed by atoms with Gasteiger partial charge in [-0.3, -0.25) is 9.63 Å². The number of rotatable bonds is 1. The van der Waals surface area contributed by atoms with Gasteiger partial charge in [-0.25, -0.2) is 5.06 Å². The van der Waals surface area contributed by atoms with E-state index in [1.54, 1.807) is 0 Å². The average molecular weight is 284 g/mol. The highest BCUT2D eigenvalue weighted by atomic mass is 79.9. The number of nitrogens with zero attached hydrogens (tertiary/aromatic N) is 1. The molecule has 2 rings (SSSR count). The standard InChI is InChI=1S/C12H14BrNO2/c1-9-8-10(4-5-11(9)13)12(15)14-6-2-3-7-16-14/h4-5,8H,2-3,6-7H2,1H3. The molecule has 86 valence electrons. The fraction of sp³-hybridized carbons (Fsp3) is 0.417. The van der Waals surface area contributed by atoms with E-state index in [0.29, 0.717) is 18.7 Å². The second-order valence-corrected chi connectivity index (χ2v) is 4.77. The molecule has 1 heterocycles. The van der Waals surface area contributed by atoms with Crippen molar-refractivity contribution in [2.75, 3.05) is 13.2 Å². The Balaban J connectivity index is 2.16. The van der Waals surface area contributed by atoms with Crippen LogP contribution in [-0.2, 0) is 4.84 Å². The first kappa shape index (κ1) is 11.6. The summed E-state index contributed by atoms with van der Waals surface area (Å²) in [5.41, 5.74) is 1.74. The predicted molar refractivity (Wildman–Crippen MR) is 65.1 cm³/mol. The van der Waals surface area contributed by atoms with Crippen molar-refractivity contribution in [3.05, 3.63) is 33.8 Å². The molecule has 0 radical (unpaired) electrons. The molecular formula is C12H14BrNO2. The lowest BCUT2D eigenvalue weighted by Gasteiger charge is -2.25. The van der Waals surface area contributed by atoms with Crippen LogP contribution in [0.3, 0.4) is 0 Å². The Morgan fingerprint density at radius 1 is 1.44 bits per heavy atom. The summed E-state index contributed by atoms with van der Waals surface area (Å²) in [6.07, 6.45) is 2.05. The highest BCUT2D eigenvalue weighted by molar-refractivity contribution is 9.10. The summed E-state index contributed by atoms with van der Waals surface area (Å²) in [4.78, 5) is 17.4. The Kier molecular flexibility index (Phi) is 3.61. The van der Waals surface area contributed by atoms with Gasteiger partial charge in [0.1, 0.15) is 0 Å². The van der Waals surface area contributed by atoms with Gasteiger partial charge >= 0.3 is 0 Å². The first-order chi connectivity index (χ1) is 7.68. The largest absolute Gasteiger partial charge is 0.277 e. The third kappa shape index (κ3) is 2.44.